The van der Waals surface area contributed by atoms with E-state index >= 15 is 0 Å². The summed E-state index contributed by atoms with van der Waals surface area (Å²) >= 11 is 3.33. The van der Waals surface area contributed by atoms with Crippen molar-refractivity contribution in [1.29, 1.82) is 0 Å². The molecule has 166 valence electrons. The fraction of sp³-hybridized carbons (Fsp3) is 0.381. The maximum absolute atomic E-state index is 13.1. The number of anilines is 2. The number of ether oxygens (including phenoxy) is 1. The molecule has 2 N–H and O–H groups in total. The van der Waals surface area contributed by atoms with Crippen molar-refractivity contribution in [3.05, 3.63) is 52.5 Å². The smallest absolute Gasteiger partial charge is 0.261 e. The van der Waals surface area contributed by atoms with E-state index in [1.165, 1.54) is 0 Å². The molecule has 2 aromatic rings. The van der Waals surface area contributed by atoms with Gasteiger partial charge < -0.3 is 19.9 Å². The summed E-state index contributed by atoms with van der Waals surface area (Å²) in [7, 11) is -3.82. The van der Waals surface area contributed by atoms with Crippen LogP contribution in [0.25, 0.3) is 0 Å². The van der Waals surface area contributed by atoms with E-state index < -0.39 is 10.0 Å². The Labute approximate surface area is 190 Å². The summed E-state index contributed by atoms with van der Waals surface area (Å²) in [5.41, 5.74) is 1.62. The Morgan fingerprint density at radius 3 is 2.35 bits per heavy atom. The van der Waals surface area contributed by atoms with E-state index in [2.05, 4.69) is 30.9 Å². The predicted molar refractivity (Wildman–Crippen MR) is 123 cm³/mol. The Hall–Kier alpha value is -2.14. The largest absolute Gasteiger partial charge is 0.378 e. The van der Waals surface area contributed by atoms with Crippen molar-refractivity contribution in [1.82, 2.24) is 10.2 Å². The van der Waals surface area contributed by atoms with Crippen LogP contribution in [-0.2, 0) is 14.8 Å². The van der Waals surface area contributed by atoms with Crippen LogP contribution in [0.5, 0.6) is 0 Å². The number of amides is 1. The van der Waals surface area contributed by atoms with Gasteiger partial charge >= 0.3 is 0 Å². The summed E-state index contributed by atoms with van der Waals surface area (Å²) in [6.07, 6.45) is 0. The van der Waals surface area contributed by atoms with Gasteiger partial charge in [0.05, 0.1) is 29.5 Å². The summed E-state index contributed by atoms with van der Waals surface area (Å²) in [5, 5.41) is 3.30. The van der Waals surface area contributed by atoms with Crippen molar-refractivity contribution in [2.24, 2.45) is 0 Å². The Balaban J connectivity index is 1.67. The molecule has 4 rings (SSSR count). The van der Waals surface area contributed by atoms with Gasteiger partial charge in [-0.05, 0) is 42.5 Å². The molecule has 2 aliphatic rings. The zero-order valence-corrected chi connectivity index (χ0v) is 19.4. The van der Waals surface area contributed by atoms with Gasteiger partial charge in [-0.1, -0.05) is 15.9 Å². The first-order chi connectivity index (χ1) is 14.9. The Morgan fingerprint density at radius 2 is 1.68 bits per heavy atom. The second kappa shape index (κ2) is 9.56. The lowest BCUT2D eigenvalue weighted by molar-refractivity contribution is 0.0303. The number of nitrogens with zero attached hydrogens (tertiary/aromatic N) is 2. The highest BCUT2D eigenvalue weighted by Crippen LogP contribution is 2.30. The molecule has 0 aromatic heterocycles. The van der Waals surface area contributed by atoms with Crippen LogP contribution >= 0.6 is 15.9 Å². The average molecular weight is 509 g/mol. The molecule has 0 atom stereocenters. The van der Waals surface area contributed by atoms with Crippen LogP contribution in [0.4, 0.5) is 11.4 Å². The number of piperazine rings is 1. The minimum atomic E-state index is -3.82. The van der Waals surface area contributed by atoms with E-state index in [0.29, 0.717) is 37.6 Å². The molecular formula is C21H25BrN4O4S. The lowest BCUT2D eigenvalue weighted by atomic mass is 10.1. The van der Waals surface area contributed by atoms with E-state index in [9.17, 15) is 13.2 Å². The van der Waals surface area contributed by atoms with E-state index in [-0.39, 0.29) is 10.8 Å². The molecule has 2 heterocycles. The Morgan fingerprint density at radius 1 is 1.00 bits per heavy atom. The quantitative estimate of drug-likeness (QED) is 0.642. The standard InChI is InChI=1S/C21H25BrN4O4S/c22-17-2-4-18(5-3-17)31(28,29)24-19-15-16(21(27)26-11-13-30-14-12-26)1-6-20(19)25-9-7-23-8-10-25/h1-6,15,23-24H,7-14H2. The molecule has 31 heavy (non-hydrogen) atoms. The number of benzene rings is 2. The molecule has 0 bridgehead atoms. The highest BCUT2D eigenvalue weighted by molar-refractivity contribution is 9.10. The molecule has 2 fully saturated rings. The first kappa shape index (κ1) is 22.1. The SMILES string of the molecule is O=C(c1ccc(N2CCNCC2)c(NS(=O)(=O)c2ccc(Br)cc2)c1)N1CCOCC1. The molecule has 0 radical (unpaired) electrons. The number of rotatable bonds is 5. The summed E-state index contributed by atoms with van der Waals surface area (Å²) in [6.45, 7) is 5.20. The van der Waals surface area contributed by atoms with Crippen molar-refractivity contribution >= 4 is 43.2 Å². The second-order valence-electron chi connectivity index (χ2n) is 7.43. The van der Waals surface area contributed by atoms with Gasteiger partial charge in [0.25, 0.3) is 15.9 Å². The van der Waals surface area contributed by atoms with Gasteiger partial charge in [-0.2, -0.15) is 0 Å². The molecule has 0 unspecified atom stereocenters. The van der Waals surface area contributed by atoms with Crippen LogP contribution in [0, 0.1) is 0 Å². The summed E-state index contributed by atoms with van der Waals surface area (Å²) in [6, 6.07) is 11.7. The molecule has 0 aliphatic carbocycles. The third kappa shape index (κ3) is 5.20. The number of halogens is 1. The number of carbonyl (C=O) groups excluding carboxylic acids is 1. The highest BCUT2D eigenvalue weighted by Gasteiger charge is 2.24. The Bertz CT molecular complexity index is 1030. The molecule has 8 nitrogen and oxygen atoms in total. The average Bonchev–Trinajstić information content (AvgIpc) is 2.80. The third-order valence-corrected chi connectivity index (χ3v) is 7.28. The highest BCUT2D eigenvalue weighted by atomic mass is 79.9. The van der Waals surface area contributed by atoms with Crippen molar-refractivity contribution in [3.8, 4) is 0 Å². The molecule has 2 aromatic carbocycles. The topological polar surface area (TPSA) is 91.0 Å². The zero-order chi connectivity index (χ0) is 21.8. The van der Waals surface area contributed by atoms with Gasteiger partial charge in [0, 0.05) is 49.3 Å². The number of nitrogens with one attached hydrogen (secondary N) is 2. The lowest BCUT2D eigenvalue weighted by Gasteiger charge is -2.32. The first-order valence-corrected chi connectivity index (χ1v) is 12.5. The van der Waals surface area contributed by atoms with Crippen LogP contribution < -0.4 is 14.9 Å². The first-order valence-electron chi connectivity index (χ1n) is 10.2. The van der Waals surface area contributed by atoms with E-state index in [1.54, 1.807) is 41.3 Å². The van der Waals surface area contributed by atoms with Crippen LogP contribution in [0.2, 0.25) is 0 Å². The normalized spacial score (nSPS) is 17.5. The zero-order valence-electron chi connectivity index (χ0n) is 17.0. The van der Waals surface area contributed by atoms with Gasteiger partial charge in [-0.15, -0.1) is 0 Å². The minimum Gasteiger partial charge on any atom is -0.378 e. The van der Waals surface area contributed by atoms with Gasteiger partial charge in [-0.3, -0.25) is 9.52 Å². The molecule has 2 aliphatic heterocycles. The van der Waals surface area contributed by atoms with Crippen LogP contribution in [0.15, 0.2) is 51.8 Å². The molecule has 0 saturated carbocycles. The third-order valence-electron chi connectivity index (χ3n) is 5.37. The van der Waals surface area contributed by atoms with Crippen molar-refractivity contribution in [2.45, 2.75) is 4.90 Å². The van der Waals surface area contributed by atoms with E-state index in [1.807, 2.05) is 6.07 Å². The number of carbonyl (C=O) groups is 1. The van der Waals surface area contributed by atoms with Gasteiger partial charge in [-0.25, -0.2) is 8.42 Å². The van der Waals surface area contributed by atoms with E-state index in [4.69, 9.17) is 4.74 Å². The molecule has 1 amide bonds. The number of morpholine rings is 1. The monoisotopic (exact) mass is 508 g/mol. The van der Waals surface area contributed by atoms with Crippen molar-refractivity contribution in [2.75, 3.05) is 62.1 Å². The fourth-order valence-corrected chi connectivity index (χ4v) is 5.03. The van der Waals surface area contributed by atoms with Crippen molar-refractivity contribution in [3.63, 3.8) is 0 Å². The van der Waals surface area contributed by atoms with Crippen LogP contribution in [0.1, 0.15) is 10.4 Å². The lowest BCUT2D eigenvalue weighted by Crippen LogP contribution is -2.44. The summed E-state index contributed by atoms with van der Waals surface area (Å²) < 4.78 is 35.0. The molecule has 0 spiro atoms. The van der Waals surface area contributed by atoms with Crippen LogP contribution in [-0.4, -0.2) is 71.7 Å². The number of hydrogen-bond donors (Lipinski definition) is 2. The summed E-state index contributed by atoms with van der Waals surface area (Å²) in [5.74, 6) is -0.126. The molecular weight excluding hydrogens is 484 g/mol. The minimum absolute atomic E-state index is 0.126. The van der Waals surface area contributed by atoms with Gasteiger partial charge in [0.15, 0.2) is 0 Å². The maximum atomic E-state index is 13.1. The number of sulfonamides is 1. The predicted octanol–water partition coefficient (Wildman–Crippen LogP) is 2.13. The molecule has 10 heteroatoms. The fourth-order valence-electron chi connectivity index (χ4n) is 3.70. The van der Waals surface area contributed by atoms with Gasteiger partial charge in [0.2, 0.25) is 0 Å². The summed E-state index contributed by atoms with van der Waals surface area (Å²) in [4.78, 5) is 17.0. The van der Waals surface area contributed by atoms with Crippen molar-refractivity contribution < 1.29 is 17.9 Å². The van der Waals surface area contributed by atoms with E-state index in [0.717, 1.165) is 36.3 Å². The number of hydrogen-bond acceptors (Lipinski definition) is 6. The van der Waals surface area contributed by atoms with Gasteiger partial charge in [0.1, 0.15) is 0 Å². The Kier molecular flexibility index (Phi) is 6.80. The van der Waals surface area contributed by atoms with Crippen LogP contribution in [0.3, 0.4) is 0 Å². The second-order valence-corrected chi connectivity index (χ2v) is 10.0. The maximum Gasteiger partial charge on any atom is 0.261 e. The molecule has 2 saturated heterocycles.